The fraction of sp³-hybridized carbons (Fsp3) is 0.167. The molecule has 0 unspecified atom stereocenters. The van der Waals surface area contributed by atoms with Crippen LogP contribution in [0.1, 0.15) is 11.5 Å². The standard InChI is InChI=1S/C12H10BrCl2NO2/c13-9-3-4-10(12(15)11(9)14)16-5-7-1-2-8(6-17)18-7/h1-4,16-17H,5-6H2. The largest absolute Gasteiger partial charge is 0.462 e. The summed E-state index contributed by atoms with van der Waals surface area (Å²) in [7, 11) is 0. The van der Waals surface area contributed by atoms with Crippen molar-refractivity contribution in [1.82, 2.24) is 0 Å². The maximum atomic E-state index is 8.89. The molecule has 2 rings (SSSR count). The lowest BCUT2D eigenvalue weighted by molar-refractivity contribution is 0.244. The van der Waals surface area contributed by atoms with Gasteiger partial charge in [0.15, 0.2) is 0 Å². The summed E-state index contributed by atoms with van der Waals surface area (Å²) in [5, 5.41) is 12.9. The second-order valence-electron chi connectivity index (χ2n) is 3.60. The predicted molar refractivity (Wildman–Crippen MR) is 76.1 cm³/mol. The number of rotatable bonds is 4. The highest BCUT2D eigenvalue weighted by atomic mass is 79.9. The SMILES string of the molecule is OCc1ccc(CNc2ccc(Br)c(Cl)c2Cl)o1. The summed E-state index contributed by atoms with van der Waals surface area (Å²) in [5.74, 6) is 1.25. The van der Waals surface area contributed by atoms with Gasteiger partial charge in [0, 0.05) is 4.47 Å². The van der Waals surface area contributed by atoms with Crippen LogP contribution in [-0.4, -0.2) is 5.11 Å². The van der Waals surface area contributed by atoms with E-state index in [0.29, 0.717) is 28.1 Å². The number of furan rings is 1. The number of aliphatic hydroxyl groups is 1. The Morgan fingerprint density at radius 3 is 2.50 bits per heavy atom. The molecular weight excluding hydrogens is 341 g/mol. The molecule has 0 amide bonds. The predicted octanol–water partition coefficient (Wildman–Crippen LogP) is 4.45. The van der Waals surface area contributed by atoms with Crippen LogP contribution in [0.4, 0.5) is 5.69 Å². The number of nitrogens with one attached hydrogen (secondary N) is 1. The van der Waals surface area contributed by atoms with Gasteiger partial charge < -0.3 is 14.8 Å². The summed E-state index contributed by atoms with van der Waals surface area (Å²) < 4.78 is 6.10. The van der Waals surface area contributed by atoms with E-state index in [1.54, 1.807) is 12.1 Å². The Kier molecular flexibility index (Phi) is 4.56. The highest BCUT2D eigenvalue weighted by Gasteiger charge is 2.09. The number of halogens is 3. The van der Waals surface area contributed by atoms with Crippen LogP contribution in [0.15, 0.2) is 33.2 Å². The van der Waals surface area contributed by atoms with Crippen LogP contribution in [0, 0.1) is 0 Å². The van der Waals surface area contributed by atoms with Crippen molar-refractivity contribution in [2.24, 2.45) is 0 Å². The van der Waals surface area contributed by atoms with Crippen LogP contribution in [0.3, 0.4) is 0 Å². The summed E-state index contributed by atoms with van der Waals surface area (Å²) >= 11 is 15.4. The molecule has 0 saturated heterocycles. The van der Waals surface area contributed by atoms with Crippen molar-refractivity contribution < 1.29 is 9.52 Å². The van der Waals surface area contributed by atoms with Gasteiger partial charge in [0.1, 0.15) is 18.1 Å². The molecule has 2 aromatic rings. The lowest BCUT2D eigenvalue weighted by atomic mass is 10.3. The lowest BCUT2D eigenvalue weighted by Gasteiger charge is -2.09. The average Bonchev–Trinajstić information content (AvgIpc) is 2.83. The van der Waals surface area contributed by atoms with Crippen molar-refractivity contribution in [3.8, 4) is 0 Å². The monoisotopic (exact) mass is 349 g/mol. The zero-order valence-electron chi connectivity index (χ0n) is 9.21. The minimum Gasteiger partial charge on any atom is -0.462 e. The van der Waals surface area contributed by atoms with Gasteiger partial charge >= 0.3 is 0 Å². The van der Waals surface area contributed by atoms with Crippen LogP contribution in [0.5, 0.6) is 0 Å². The molecule has 0 bridgehead atoms. The minimum absolute atomic E-state index is 0.106. The second-order valence-corrected chi connectivity index (χ2v) is 5.21. The Hall–Kier alpha value is -0.680. The quantitative estimate of drug-likeness (QED) is 0.800. The molecule has 18 heavy (non-hydrogen) atoms. The number of hydrogen-bond donors (Lipinski definition) is 2. The molecule has 1 aromatic carbocycles. The van der Waals surface area contributed by atoms with E-state index >= 15 is 0 Å². The van der Waals surface area contributed by atoms with Gasteiger partial charge in [-0.25, -0.2) is 0 Å². The van der Waals surface area contributed by atoms with E-state index in [0.717, 1.165) is 10.2 Å². The summed E-state index contributed by atoms with van der Waals surface area (Å²) in [4.78, 5) is 0. The molecule has 0 aliphatic heterocycles. The molecule has 3 nitrogen and oxygen atoms in total. The zero-order valence-corrected chi connectivity index (χ0v) is 12.3. The van der Waals surface area contributed by atoms with E-state index in [-0.39, 0.29) is 6.61 Å². The van der Waals surface area contributed by atoms with Crippen molar-refractivity contribution in [3.63, 3.8) is 0 Å². The maximum absolute atomic E-state index is 8.89. The highest BCUT2D eigenvalue weighted by Crippen LogP contribution is 2.35. The van der Waals surface area contributed by atoms with E-state index in [2.05, 4.69) is 21.2 Å². The Balaban J connectivity index is 2.08. The fourth-order valence-electron chi connectivity index (χ4n) is 1.45. The first-order chi connectivity index (χ1) is 8.61. The lowest BCUT2D eigenvalue weighted by Crippen LogP contribution is -1.99. The summed E-state index contributed by atoms with van der Waals surface area (Å²) in [6, 6.07) is 7.17. The maximum Gasteiger partial charge on any atom is 0.129 e. The average molecular weight is 351 g/mol. The molecular formula is C12H10BrCl2NO2. The zero-order chi connectivity index (χ0) is 13.1. The first-order valence-electron chi connectivity index (χ1n) is 5.17. The van der Waals surface area contributed by atoms with Crippen molar-refractivity contribution in [1.29, 1.82) is 0 Å². The normalized spacial score (nSPS) is 10.7. The van der Waals surface area contributed by atoms with Crippen molar-refractivity contribution in [3.05, 3.63) is 50.3 Å². The molecule has 0 fully saturated rings. The van der Waals surface area contributed by atoms with Gasteiger partial charge in [-0.3, -0.25) is 0 Å². The third kappa shape index (κ3) is 3.01. The molecule has 0 saturated carbocycles. The van der Waals surface area contributed by atoms with Crippen molar-refractivity contribution >= 4 is 44.8 Å². The Morgan fingerprint density at radius 2 is 1.83 bits per heavy atom. The molecule has 1 aromatic heterocycles. The van der Waals surface area contributed by atoms with Crippen molar-refractivity contribution in [2.75, 3.05) is 5.32 Å². The van der Waals surface area contributed by atoms with E-state index in [9.17, 15) is 0 Å². The van der Waals surface area contributed by atoms with Crippen LogP contribution < -0.4 is 5.32 Å². The number of benzene rings is 1. The van der Waals surface area contributed by atoms with Gasteiger partial charge in [-0.1, -0.05) is 23.2 Å². The van der Waals surface area contributed by atoms with Crippen LogP contribution in [0.25, 0.3) is 0 Å². The molecule has 0 atom stereocenters. The van der Waals surface area contributed by atoms with Crippen LogP contribution >= 0.6 is 39.1 Å². The summed E-state index contributed by atoms with van der Waals surface area (Å²) in [6.07, 6.45) is 0. The molecule has 0 aliphatic rings. The topological polar surface area (TPSA) is 45.4 Å². The molecule has 2 N–H and O–H groups in total. The molecule has 1 heterocycles. The van der Waals surface area contributed by atoms with E-state index in [4.69, 9.17) is 32.7 Å². The Morgan fingerprint density at radius 1 is 1.11 bits per heavy atom. The second kappa shape index (κ2) is 5.97. The van der Waals surface area contributed by atoms with Gasteiger partial charge in [-0.2, -0.15) is 0 Å². The van der Waals surface area contributed by atoms with E-state index < -0.39 is 0 Å². The van der Waals surface area contributed by atoms with Crippen LogP contribution in [0.2, 0.25) is 10.0 Å². The molecule has 0 aliphatic carbocycles. The van der Waals surface area contributed by atoms with E-state index in [1.807, 2.05) is 12.1 Å². The number of hydrogen-bond acceptors (Lipinski definition) is 3. The highest BCUT2D eigenvalue weighted by molar-refractivity contribution is 9.10. The third-order valence-corrected chi connectivity index (χ3v) is 4.13. The van der Waals surface area contributed by atoms with Crippen LogP contribution in [-0.2, 0) is 13.2 Å². The van der Waals surface area contributed by atoms with Gasteiger partial charge in [0.25, 0.3) is 0 Å². The first kappa shape index (κ1) is 13.7. The van der Waals surface area contributed by atoms with Gasteiger partial charge in [-0.15, -0.1) is 0 Å². The smallest absolute Gasteiger partial charge is 0.129 e. The molecule has 96 valence electrons. The Bertz CT molecular complexity index is 557. The summed E-state index contributed by atoms with van der Waals surface area (Å²) in [6.45, 7) is 0.364. The summed E-state index contributed by atoms with van der Waals surface area (Å²) in [5.41, 5.74) is 0.729. The van der Waals surface area contributed by atoms with E-state index in [1.165, 1.54) is 0 Å². The molecule has 0 spiro atoms. The van der Waals surface area contributed by atoms with Crippen molar-refractivity contribution in [2.45, 2.75) is 13.2 Å². The number of aliphatic hydroxyl groups excluding tert-OH is 1. The first-order valence-corrected chi connectivity index (χ1v) is 6.72. The number of anilines is 1. The fourth-order valence-corrected chi connectivity index (χ4v) is 2.29. The minimum atomic E-state index is -0.106. The Labute approximate surface area is 123 Å². The van der Waals surface area contributed by atoms with Gasteiger partial charge in [0.05, 0.1) is 22.3 Å². The van der Waals surface area contributed by atoms with Gasteiger partial charge in [-0.05, 0) is 40.2 Å². The molecule has 6 heteroatoms. The third-order valence-electron chi connectivity index (χ3n) is 2.36. The molecule has 0 radical (unpaired) electrons. The van der Waals surface area contributed by atoms with Gasteiger partial charge in [0.2, 0.25) is 0 Å².